The van der Waals surface area contributed by atoms with E-state index in [-0.39, 0.29) is 0 Å². The molecule has 0 aliphatic rings. The number of hydrogen-bond donors (Lipinski definition) is 1. The predicted octanol–water partition coefficient (Wildman–Crippen LogP) is 7.47. The lowest BCUT2D eigenvalue weighted by molar-refractivity contribution is 0.948. The van der Waals surface area contributed by atoms with Gasteiger partial charge in [-0.15, -0.1) is 23.1 Å². The average molecular weight is 408 g/mol. The van der Waals surface area contributed by atoms with Crippen LogP contribution in [0.4, 0.5) is 0 Å². The van der Waals surface area contributed by atoms with Gasteiger partial charge in [-0.3, -0.25) is 0 Å². The van der Waals surface area contributed by atoms with E-state index in [1.165, 1.54) is 36.9 Å². The van der Waals surface area contributed by atoms with Gasteiger partial charge in [-0.25, -0.2) is 0 Å². The summed E-state index contributed by atoms with van der Waals surface area (Å²) in [6.45, 7) is 6.51. The number of thioether (sulfide) groups is 1. The third-order valence-electron chi connectivity index (χ3n) is 5.14. The van der Waals surface area contributed by atoms with Gasteiger partial charge in [-0.2, -0.15) is 0 Å². The summed E-state index contributed by atoms with van der Waals surface area (Å²) in [4.78, 5) is 1.37. The second-order valence-corrected chi connectivity index (χ2v) is 9.54. The van der Waals surface area contributed by atoms with E-state index in [1.54, 1.807) is 0 Å². The minimum Gasteiger partial charge on any atom is -0.305 e. The summed E-state index contributed by atoms with van der Waals surface area (Å²) in [6, 6.07) is 19.6. The molecule has 1 heterocycles. The van der Waals surface area contributed by atoms with Crippen molar-refractivity contribution in [3.63, 3.8) is 0 Å². The van der Waals surface area contributed by atoms with E-state index in [2.05, 4.69) is 75.4 Å². The summed E-state index contributed by atoms with van der Waals surface area (Å²) in [7, 11) is 0. The highest BCUT2D eigenvalue weighted by molar-refractivity contribution is 8.00. The van der Waals surface area contributed by atoms with Crippen LogP contribution in [0.5, 0.6) is 0 Å². The zero-order valence-corrected chi connectivity index (χ0v) is 18.7. The van der Waals surface area contributed by atoms with Crippen LogP contribution in [0.1, 0.15) is 53.0 Å². The Morgan fingerprint density at radius 3 is 2.21 bits per heavy atom. The first-order valence-corrected chi connectivity index (χ1v) is 11.9. The Bertz CT molecular complexity index is 908. The van der Waals surface area contributed by atoms with Crippen LogP contribution in [-0.2, 0) is 25.0 Å². The highest BCUT2D eigenvalue weighted by Crippen LogP contribution is 2.38. The highest BCUT2D eigenvalue weighted by Gasteiger charge is 2.19. The Balaban J connectivity index is 1.79. The molecule has 0 amide bonds. The normalized spacial score (nSPS) is 11.0. The molecule has 3 heteroatoms. The summed E-state index contributed by atoms with van der Waals surface area (Å²) in [5, 5.41) is 8.59. The predicted molar refractivity (Wildman–Crippen MR) is 125 cm³/mol. The van der Waals surface area contributed by atoms with Crippen molar-refractivity contribution < 1.29 is 0 Å². The van der Waals surface area contributed by atoms with Crippen LogP contribution in [-0.4, -0.2) is 5.71 Å². The molecule has 0 fully saturated rings. The van der Waals surface area contributed by atoms with Gasteiger partial charge >= 0.3 is 0 Å². The van der Waals surface area contributed by atoms with Crippen molar-refractivity contribution in [3.05, 3.63) is 87.3 Å². The van der Waals surface area contributed by atoms with Crippen molar-refractivity contribution in [3.8, 4) is 0 Å². The molecule has 3 rings (SSSR count). The van der Waals surface area contributed by atoms with Gasteiger partial charge in [0.1, 0.15) is 0 Å². The molecule has 0 aliphatic carbocycles. The Hall–Kier alpha value is -1.84. The van der Waals surface area contributed by atoms with Gasteiger partial charge in [0.25, 0.3) is 0 Å². The molecule has 146 valence electrons. The minimum atomic E-state index is 0.774. The average Bonchev–Trinajstić information content (AvgIpc) is 3.06. The first-order chi connectivity index (χ1) is 13.6. The number of rotatable bonds is 9. The molecule has 0 aliphatic heterocycles. The smallest absolute Gasteiger partial charge is 0.0698 e. The molecular weight excluding hydrogens is 378 g/mol. The van der Waals surface area contributed by atoms with E-state index in [0.29, 0.717) is 0 Å². The van der Waals surface area contributed by atoms with Gasteiger partial charge in [0.15, 0.2) is 0 Å². The molecule has 1 nitrogen and oxygen atoms in total. The lowest BCUT2D eigenvalue weighted by atomic mass is 9.98. The standard InChI is InChI=1S/C25H29NS2/c1-4-19-11-13-20(14-12-19)15-16-22-18(3)28-25(24(22)23(26)5-2)27-17-21-9-7-6-8-10-21/h6-14,26H,4-5,15-17H2,1-3H3. The molecule has 0 saturated carbocycles. The summed E-state index contributed by atoms with van der Waals surface area (Å²) in [5.74, 6) is 0.961. The molecule has 0 atom stereocenters. The van der Waals surface area contributed by atoms with Crippen molar-refractivity contribution >= 4 is 28.8 Å². The second-order valence-electron chi connectivity index (χ2n) is 7.08. The van der Waals surface area contributed by atoms with Crippen molar-refractivity contribution in [2.45, 2.75) is 56.4 Å². The van der Waals surface area contributed by atoms with E-state index in [9.17, 15) is 0 Å². The monoisotopic (exact) mass is 407 g/mol. The van der Waals surface area contributed by atoms with E-state index >= 15 is 0 Å². The Morgan fingerprint density at radius 1 is 0.893 bits per heavy atom. The summed E-state index contributed by atoms with van der Waals surface area (Å²) in [6.07, 6.45) is 3.92. The van der Waals surface area contributed by atoms with Gasteiger partial charge < -0.3 is 5.41 Å². The third kappa shape index (κ3) is 5.15. The number of aryl methyl sites for hydroxylation is 3. The van der Waals surface area contributed by atoms with E-state index in [4.69, 9.17) is 5.41 Å². The fourth-order valence-corrected chi connectivity index (χ4v) is 5.99. The van der Waals surface area contributed by atoms with Crippen LogP contribution in [0.2, 0.25) is 0 Å². The lowest BCUT2D eigenvalue weighted by Crippen LogP contribution is -2.03. The van der Waals surface area contributed by atoms with E-state index in [0.717, 1.165) is 37.1 Å². The van der Waals surface area contributed by atoms with Gasteiger partial charge in [0.2, 0.25) is 0 Å². The Kier molecular flexibility index (Phi) is 7.52. The molecule has 28 heavy (non-hydrogen) atoms. The van der Waals surface area contributed by atoms with Crippen LogP contribution < -0.4 is 0 Å². The second kappa shape index (κ2) is 10.1. The molecule has 0 saturated heterocycles. The Labute approximate surface area is 177 Å². The lowest BCUT2D eigenvalue weighted by Gasteiger charge is -2.09. The zero-order chi connectivity index (χ0) is 19.9. The summed E-state index contributed by atoms with van der Waals surface area (Å²) in [5.41, 5.74) is 7.48. The molecule has 0 unspecified atom stereocenters. The number of hydrogen-bond acceptors (Lipinski definition) is 3. The SMILES string of the molecule is CCC(=N)c1c(SCc2ccccc2)sc(C)c1CCc1ccc(CC)cc1. The summed E-state index contributed by atoms with van der Waals surface area (Å²) >= 11 is 3.75. The molecule has 3 aromatic rings. The van der Waals surface area contributed by atoms with Crippen LogP contribution in [0.25, 0.3) is 0 Å². The minimum absolute atomic E-state index is 0.774. The zero-order valence-electron chi connectivity index (χ0n) is 17.0. The van der Waals surface area contributed by atoms with Gasteiger partial charge in [-0.1, -0.05) is 68.4 Å². The first-order valence-electron chi connectivity index (χ1n) is 10.1. The van der Waals surface area contributed by atoms with Gasteiger partial charge in [0, 0.05) is 21.9 Å². The maximum atomic E-state index is 8.59. The van der Waals surface area contributed by atoms with Crippen LogP contribution >= 0.6 is 23.1 Å². The molecule has 2 aromatic carbocycles. The third-order valence-corrected chi connectivity index (χ3v) is 7.63. The first kappa shape index (κ1) is 20.9. The Morgan fingerprint density at radius 2 is 1.57 bits per heavy atom. The maximum absolute atomic E-state index is 8.59. The molecule has 0 spiro atoms. The number of thiophene rings is 1. The summed E-state index contributed by atoms with van der Waals surface area (Å²) < 4.78 is 1.31. The largest absolute Gasteiger partial charge is 0.305 e. The van der Waals surface area contributed by atoms with Crippen LogP contribution in [0.3, 0.4) is 0 Å². The maximum Gasteiger partial charge on any atom is 0.0698 e. The fraction of sp³-hybridized carbons (Fsp3) is 0.320. The van der Waals surface area contributed by atoms with Gasteiger partial charge in [-0.05, 0) is 54.9 Å². The topological polar surface area (TPSA) is 23.9 Å². The molecular formula is C25H29NS2. The van der Waals surface area contributed by atoms with Crippen molar-refractivity contribution in [2.24, 2.45) is 0 Å². The van der Waals surface area contributed by atoms with Gasteiger partial charge in [0.05, 0.1) is 4.21 Å². The highest BCUT2D eigenvalue weighted by atomic mass is 32.2. The molecule has 0 bridgehead atoms. The van der Waals surface area contributed by atoms with E-state index in [1.807, 2.05) is 23.1 Å². The fourth-order valence-electron chi connectivity index (χ4n) is 3.37. The molecule has 0 radical (unpaired) electrons. The van der Waals surface area contributed by atoms with Crippen LogP contribution in [0, 0.1) is 12.3 Å². The molecule has 1 N–H and O–H groups in total. The van der Waals surface area contributed by atoms with Crippen molar-refractivity contribution in [1.82, 2.24) is 0 Å². The number of nitrogens with one attached hydrogen (secondary N) is 1. The molecule has 1 aromatic heterocycles. The van der Waals surface area contributed by atoms with Crippen molar-refractivity contribution in [1.29, 1.82) is 5.41 Å². The van der Waals surface area contributed by atoms with E-state index < -0.39 is 0 Å². The van der Waals surface area contributed by atoms with Crippen LogP contribution in [0.15, 0.2) is 58.8 Å². The number of benzene rings is 2. The van der Waals surface area contributed by atoms with Crippen molar-refractivity contribution in [2.75, 3.05) is 0 Å². The quantitative estimate of drug-likeness (QED) is 0.288.